The highest BCUT2D eigenvalue weighted by atomic mass is 35.5. The van der Waals surface area contributed by atoms with Crippen molar-refractivity contribution in [2.24, 2.45) is 0 Å². The molecule has 1 aromatic carbocycles. The van der Waals surface area contributed by atoms with E-state index in [1.807, 2.05) is 18.2 Å². The third-order valence-electron chi connectivity index (χ3n) is 3.11. The molecule has 1 fully saturated rings. The number of benzene rings is 1. The lowest BCUT2D eigenvalue weighted by Gasteiger charge is -2.44. The highest BCUT2D eigenvalue weighted by Gasteiger charge is 2.48. The van der Waals surface area contributed by atoms with Gasteiger partial charge in [0.25, 0.3) is 5.91 Å². The third kappa shape index (κ3) is 2.37. The normalized spacial score (nSPS) is 24.9. The molecule has 1 heterocycles. The minimum atomic E-state index is -0.971. The van der Waals surface area contributed by atoms with E-state index in [1.54, 1.807) is 10.4 Å². The Morgan fingerprint density at radius 2 is 2.17 bits per heavy atom. The van der Waals surface area contributed by atoms with E-state index >= 15 is 0 Å². The summed E-state index contributed by atoms with van der Waals surface area (Å²) in [5.74, 6) is -0.231. The van der Waals surface area contributed by atoms with E-state index in [4.69, 9.17) is 11.6 Å². The van der Waals surface area contributed by atoms with E-state index in [0.29, 0.717) is 10.3 Å². The zero-order chi connectivity index (χ0) is 13.3. The number of carbonyl (C=O) groups is 1. The van der Waals surface area contributed by atoms with Crippen molar-refractivity contribution in [2.45, 2.75) is 37.7 Å². The van der Waals surface area contributed by atoms with Gasteiger partial charge in [-0.25, -0.2) is 0 Å². The van der Waals surface area contributed by atoms with Gasteiger partial charge in [0.05, 0.1) is 0 Å². The van der Waals surface area contributed by atoms with Crippen molar-refractivity contribution in [3.05, 3.63) is 34.9 Å². The Balaban J connectivity index is 2.21. The maximum absolute atomic E-state index is 11.7. The minimum Gasteiger partial charge on any atom is -0.381 e. The molecule has 1 aliphatic rings. The van der Waals surface area contributed by atoms with Crippen LogP contribution in [0.25, 0.3) is 0 Å². The van der Waals surface area contributed by atoms with Crippen LogP contribution in [0.5, 0.6) is 0 Å². The molecule has 1 aromatic rings. The van der Waals surface area contributed by atoms with Crippen LogP contribution >= 0.6 is 23.5 Å². The van der Waals surface area contributed by atoms with Gasteiger partial charge in [-0.2, -0.15) is 0 Å². The molecule has 98 valence electrons. The number of hydrogen-bond donors (Lipinski definition) is 1. The van der Waals surface area contributed by atoms with Crippen molar-refractivity contribution >= 4 is 29.5 Å². The van der Waals surface area contributed by atoms with Gasteiger partial charge in [-0.05, 0) is 30.0 Å². The first kappa shape index (κ1) is 13.7. The molecule has 1 N–H and O–H groups in total. The van der Waals surface area contributed by atoms with Gasteiger partial charge in [-0.15, -0.1) is 0 Å². The predicted octanol–water partition coefficient (Wildman–Crippen LogP) is 3.03. The molecule has 0 bridgehead atoms. The molecule has 0 aromatic heterocycles. The molecule has 3 atom stereocenters. The fourth-order valence-corrected chi connectivity index (χ4v) is 3.20. The molecule has 5 heteroatoms. The van der Waals surface area contributed by atoms with Gasteiger partial charge in [0.15, 0.2) is 6.10 Å². The monoisotopic (exact) mass is 285 g/mol. The summed E-state index contributed by atoms with van der Waals surface area (Å²) in [6.07, 6.45) is 0.00113. The molecular formula is C13H16ClNO2S. The van der Waals surface area contributed by atoms with Crippen LogP contribution in [0, 0.1) is 0 Å². The summed E-state index contributed by atoms with van der Waals surface area (Å²) in [7, 11) is 0. The first-order valence-electron chi connectivity index (χ1n) is 5.98. The number of hydrogen-bond acceptors (Lipinski definition) is 3. The quantitative estimate of drug-likeness (QED) is 0.683. The number of aliphatic hydroxyl groups excluding tert-OH is 1. The van der Waals surface area contributed by atoms with Crippen LogP contribution in [0.4, 0.5) is 0 Å². The van der Waals surface area contributed by atoms with Gasteiger partial charge in [-0.3, -0.25) is 9.10 Å². The molecule has 1 amide bonds. The summed E-state index contributed by atoms with van der Waals surface area (Å²) in [5.41, 5.74) is 0.807. The third-order valence-corrected chi connectivity index (χ3v) is 4.79. The van der Waals surface area contributed by atoms with Crippen LogP contribution in [0.1, 0.15) is 31.9 Å². The van der Waals surface area contributed by atoms with Crippen molar-refractivity contribution in [2.75, 3.05) is 0 Å². The summed E-state index contributed by atoms with van der Waals surface area (Å²) in [6, 6.07) is 7.00. The van der Waals surface area contributed by atoms with Crippen molar-refractivity contribution in [1.82, 2.24) is 4.31 Å². The number of rotatable bonds is 4. The molecule has 1 aliphatic heterocycles. The van der Waals surface area contributed by atoms with E-state index in [0.717, 1.165) is 12.0 Å². The van der Waals surface area contributed by atoms with Gasteiger partial charge in [-0.1, -0.05) is 43.6 Å². The Kier molecular flexibility index (Phi) is 4.20. The summed E-state index contributed by atoms with van der Waals surface area (Å²) >= 11 is 7.60. The predicted molar refractivity (Wildman–Crippen MR) is 74.4 cm³/mol. The zero-order valence-corrected chi connectivity index (χ0v) is 11.9. The first-order valence-corrected chi connectivity index (χ1v) is 7.20. The zero-order valence-electron chi connectivity index (χ0n) is 10.3. The molecule has 0 saturated carbocycles. The largest absolute Gasteiger partial charge is 0.381 e. The number of nitrogens with zero attached hydrogens (tertiary/aromatic N) is 1. The second-order valence-electron chi connectivity index (χ2n) is 4.40. The lowest BCUT2D eigenvalue weighted by Crippen LogP contribution is -2.55. The van der Waals surface area contributed by atoms with Gasteiger partial charge < -0.3 is 5.11 Å². The molecule has 0 radical (unpaired) electrons. The molecule has 3 nitrogen and oxygen atoms in total. The smallest absolute Gasteiger partial charge is 0.264 e. The molecular weight excluding hydrogens is 270 g/mol. The van der Waals surface area contributed by atoms with Crippen LogP contribution in [0.2, 0.25) is 5.02 Å². The molecule has 18 heavy (non-hydrogen) atoms. The molecule has 0 spiro atoms. The molecule has 1 saturated heterocycles. The fraction of sp³-hybridized carbons (Fsp3) is 0.462. The number of carbonyl (C=O) groups excluding carboxylic acids is 1. The SMILES string of the molecule is CCC(C)SN1C(=O)[C@H](O)[C@@H]1c1ccccc1Cl. The van der Waals surface area contributed by atoms with Crippen LogP contribution in [0.3, 0.4) is 0 Å². The maximum atomic E-state index is 11.7. The Morgan fingerprint density at radius 3 is 2.78 bits per heavy atom. The fourth-order valence-electron chi connectivity index (χ4n) is 1.85. The molecule has 2 rings (SSSR count). The summed E-state index contributed by atoms with van der Waals surface area (Å²) in [5, 5.41) is 10.8. The Bertz CT molecular complexity index is 454. The lowest BCUT2D eigenvalue weighted by atomic mass is 9.94. The number of halogens is 1. The number of aliphatic hydroxyl groups is 1. The summed E-state index contributed by atoms with van der Waals surface area (Å²) in [6.45, 7) is 4.13. The van der Waals surface area contributed by atoms with Crippen molar-refractivity contribution in [1.29, 1.82) is 0 Å². The summed E-state index contributed by atoms with van der Waals surface area (Å²) < 4.78 is 1.64. The first-order chi connectivity index (χ1) is 8.56. The lowest BCUT2D eigenvalue weighted by molar-refractivity contribution is -0.154. The van der Waals surface area contributed by atoms with Crippen LogP contribution in [-0.4, -0.2) is 26.7 Å². The Morgan fingerprint density at radius 1 is 1.50 bits per heavy atom. The highest BCUT2D eigenvalue weighted by Crippen LogP contribution is 2.43. The number of β-lactam (4-membered cyclic amide) rings is 1. The van der Waals surface area contributed by atoms with Crippen LogP contribution in [-0.2, 0) is 4.79 Å². The van der Waals surface area contributed by atoms with Crippen LogP contribution in [0.15, 0.2) is 24.3 Å². The van der Waals surface area contributed by atoms with E-state index in [9.17, 15) is 9.90 Å². The minimum absolute atomic E-state index is 0.231. The maximum Gasteiger partial charge on any atom is 0.264 e. The average molecular weight is 286 g/mol. The highest BCUT2D eigenvalue weighted by molar-refractivity contribution is 7.98. The van der Waals surface area contributed by atoms with Gasteiger partial charge in [0.2, 0.25) is 0 Å². The van der Waals surface area contributed by atoms with E-state index in [-0.39, 0.29) is 11.9 Å². The second kappa shape index (κ2) is 5.51. The van der Waals surface area contributed by atoms with Gasteiger partial charge >= 0.3 is 0 Å². The molecule has 0 aliphatic carbocycles. The summed E-state index contributed by atoms with van der Waals surface area (Å²) in [4.78, 5) is 11.7. The standard InChI is InChI=1S/C13H16ClNO2S/c1-3-8(2)18-15-11(12(16)13(15)17)9-6-4-5-7-10(9)14/h4-8,11-12,16H,3H2,1-2H3/t8?,11-,12+/m0/s1. The number of amides is 1. The van der Waals surface area contributed by atoms with E-state index in [1.165, 1.54) is 11.9 Å². The van der Waals surface area contributed by atoms with Crippen LogP contribution < -0.4 is 0 Å². The van der Waals surface area contributed by atoms with E-state index < -0.39 is 6.10 Å². The van der Waals surface area contributed by atoms with Crippen molar-refractivity contribution < 1.29 is 9.90 Å². The molecule has 1 unspecified atom stereocenters. The second-order valence-corrected chi connectivity index (χ2v) is 6.22. The topological polar surface area (TPSA) is 40.5 Å². The van der Waals surface area contributed by atoms with Gasteiger partial charge in [0, 0.05) is 10.3 Å². The average Bonchev–Trinajstić information content (AvgIpc) is 2.39. The van der Waals surface area contributed by atoms with E-state index in [2.05, 4.69) is 13.8 Å². The van der Waals surface area contributed by atoms with Gasteiger partial charge in [0.1, 0.15) is 6.04 Å². The Labute approximate surface area is 116 Å². The van der Waals surface area contributed by atoms with Crippen molar-refractivity contribution in [3.8, 4) is 0 Å². The van der Waals surface area contributed by atoms with Crippen molar-refractivity contribution in [3.63, 3.8) is 0 Å². The Hall–Kier alpha value is -0.710.